The predicted molar refractivity (Wildman–Crippen MR) is 154 cm³/mol. The van der Waals surface area contributed by atoms with Crippen LogP contribution in [0.5, 0.6) is 5.75 Å². The number of carbonyl (C=O) groups is 1. The van der Waals surface area contributed by atoms with E-state index in [4.69, 9.17) is 4.74 Å². The lowest BCUT2D eigenvalue weighted by Crippen LogP contribution is -2.32. The Hall–Kier alpha value is -3.20. The van der Waals surface area contributed by atoms with Crippen LogP contribution < -0.4 is 14.8 Å². The van der Waals surface area contributed by atoms with Crippen LogP contribution in [0.2, 0.25) is 0 Å². The van der Waals surface area contributed by atoms with Gasteiger partial charge in [0.2, 0.25) is 10.0 Å². The van der Waals surface area contributed by atoms with E-state index in [1.54, 1.807) is 6.07 Å². The molecule has 0 aromatic heterocycles. The molecule has 3 aromatic rings. The number of carbonyl (C=O) groups excluding carboxylic acids is 1. The Morgan fingerprint density at radius 1 is 0.974 bits per heavy atom. The first-order chi connectivity index (χ1) is 18.8. The molecule has 1 atom stereocenters. The first-order valence-electron chi connectivity index (χ1n) is 13.7. The second-order valence-corrected chi connectivity index (χ2v) is 12.0. The molecule has 3 N–H and O–H groups in total. The number of sulfonamides is 1. The van der Waals surface area contributed by atoms with E-state index in [9.17, 15) is 18.3 Å². The summed E-state index contributed by atoms with van der Waals surface area (Å²) in [4.78, 5) is 12.8. The Morgan fingerprint density at radius 2 is 1.67 bits per heavy atom. The highest BCUT2D eigenvalue weighted by molar-refractivity contribution is 7.90. The van der Waals surface area contributed by atoms with Gasteiger partial charge in [-0.3, -0.25) is 4.79 Å². The lowest BCUT2D eigenvalue weighted by molar-refractivity contribution is 0.0969. The van der Waals surface area contributed by atoms with Gasteiger partial charge in [-0.2, -0.15) is 0 Å². The fourth-order valence-corrected chi connectivity index (χ4v) is 5.28. The highest BCUT2D eigenvalue weighted by atomic mass is 32.2. The van der Waals surface area contributed by atoms with Crippen molar-refractivity contribution >= 4 is 15.9 Å². The van der Waals surface area contributed by atoms with Gasteiger partial charge >= 0.3 is 0 Å². The first kappa shape index (κ1) is 28.8. The maximum atomic E-state index is 12.8. The molecule has 8 heteroatoms. The third kappa shape index (κ3) is 8.39. The van der Waals surface area contributed by atoms with E-state index in [0.29, 0.717) is 12.3 Å². The quantitative estimate of drug-likeness (QED) is 0.274. The van der Waals surface area contributed by atoms with Gasteiger partial charge in [-0.05, 0) is 80.0 Å². The van der Waals surface area contributed by atoms with Crippen molar-refractivity contribution in [3.8, 4) is 16.9 Å². The molecule has 0 heterocycles. The molecular weight excluding hydrogens is 512 g/mol. The van der Waals surface area contributed by atoms with Gasteiger partial charge in [0.1, 0.15) is 5.75 Å². The highest BCUT2D eigenvalue weighted by Crippen LogP contribution is 2.31. The summed E-state index contributed by atoms with van der Waals surface area (Å²) in [6.07, 6.45) is 5.48. The molecule has 3 aromatic carbocycles. The van der Waals surface area contributed by atoms with Gasteiger partial charge in [-0.1, -0.05) is 67.1 Å². The summed E-state index contributed by atoms with van der Waals surface area (Å²) >= 11 is 0. The Balaban J connectivity index is 1.42. The summed E-state index contributed by atoms with van der Waals surface area (Å²) in [6, 6.07) is 23.1. The fraction of sp³-hybridized carbons (Fsp3) is 0.387. The first-order valence-corrected chi connectivity index (χ1v) is 15.4. The van der Waals surface area contributed by atoms with E-state index in [1.807, 2.05) is 54.6 Å². The van der Waals surface area contributed by atoms with E-state index in [2.05, 4.69) is 22.2 Å². The van der Waals surface area contributed by atoms with Crippen LogP contribution in [0.3, 0.4) is 0 Å². The Morgan fingerprint density at radius 3 is 2.36 bits per heavy atom. The molecule has 0 spiro atoms. The Bertz CT molecular complexity index is 1320. The van der Waals surface area contributed by atoms with Gasteiger partial charge in [0.15, 0.2) is 0 Å². The van der Waals surface area contributed by atoms with Crippen LogP contribution in [0, 0.1) is 0 Å². The zero-order chi connectivity index (χ0) is 27.7. The van der Waals surface area contributed by atoms with Crippen molar-refractivity contribution in [2.45, 2.75) is 57.7 Å². The minimum Gasteiger partial charge on any atom is -0.490 e. The van der Waals surface area contributed by atoms with Crippen LogP contribution >= 0.6 is 0 Å². The predicted octanol–water partition coefficient (Wildman–Crippen LogP) is 5.01. The molecule has 39 heavy (non-hydrogen) atoms. The third-order valence-electron chi connectivity index (χ3n) is 7.10. The standard InChI is InChI=1S/C31H38N2O5S/c1-2-39(36,37)33-31(35)28-18-17-26(21-30(28)38-27-11-7-4-8-12-27)24-15-13-23(14-16-24)19-20-32-22-29(34)25-9-5-3-6-10-25/h3,5-6,9-10,13-18,21,27,29,32,34H,2,4,7-8,11-12,19-20,22H2,1H3,(H,33,35)/t29-/m0/s1. The van der Waals surface area contributed by atoms with Crippen LogP contribution in [-0.4, -0.2) is 44.4 Å². The number of aliphatic hydroxyl groups is 1. The Labute approximate surface area is 231 Å². The van der Waals surface area contributed by atoms with Crippen LogP contribution in [0.4, 0.5) is 0 Å². The average molecular weight is 551 g/mol. The summed E-state index contributed by atoms with van der Waals surface area (Å²) in [5.74, 6) is -0.437. The number of nitrogens with one attached hydrogen (secondary N) is 2. The van der Waals surface area contributed by atoms with Crippen molar-refractivity contribution in [1.82, 2.24) is 10.0 Å². The topological polar surface area (TPSA) is 105 Å². The molecule has 0 bridgehead atoms. The zero-order valence-electron chi connectivity index (χ0n) is 22.4. The second kappa shape index (κ2) is 13.7. The third-order valence-corrected chi connectivity index (χ3v) is 8.36. The number of amides is 1. The molecule has 1 saturated carbocycles. The van der Waals surface area contributed by atoms with Crippen molar-refractivity contribution in [3.63, 3.8) is 0 Å². The van der Waals surface area contributed by atoms with Crippen LogP contribution in [0.25, 0.3) is 11.1 Å². The molecule has 0 aliphatic heterocycles. The molecule has 1 amide bonds. The number of aliphatic hydroxyl groups excluding tert-OH is 1. The maximum Gasteiger partial charge on any atom is 0.268 e. The van der Waals surface area contributed by atoms with Gasteiger partial charge < -0.3 is 15.2 Å². The van der Waals surface area contributed by atoms with Gasteiger partial charge in [0.25, 0.3) is 5.91 Å². The molecule has 7 nitrogen and oxygen atoms in total. The van der Waals surface area contributed by atoms with Crippen molar-refractivity contribution < 1.29 is 23.1 Å². The fourth-order valence-electron chi connectivity index (χ4n) is 4.75. The zero-order valence-corrected chi connectivity index (χ0v) is 23.3. The van der Waals surface area contributed by atoms with E-state index >= 15 is 0 Å². The summed E-state index contributed by atoms with van der Waals surface area (Å²) in [7, 11) is -3.69. The molecule has 0 radical (unpaired) electrons. The largest absolute Gasteiger partial charge is 0.490 e. The molecular formula is C31H38N2O5S. The monoisotopic (exact) mass is 550 g/mol. The molecule has 208 valence electrons. The van der Waals surface area contributed by atoms with E-state index in [1.165, 1.54) is 18.9 Å². The number of ether oxygens (including phenoxy) is 1. The highest BCUT2D eigenvalue weighted by Gasteiger charge is 2.22. The van der Waals surface area contributed by atoms with E-state index in [-0.39, 0.29) is 17.4 Å². The van der Waals surface area contributed by atoms with Gasteiger partial charge in [0.05, 0.1) is 23.5 Å². The Kier molecular flexibility index (Phi) is 10.1. The van der Waals surface area contributed by atoms with Crippen LogP contribution in [-0.2, 0) is 16.4 Å². The number of hydrogen-bond donors (Lipinski definition) is 3. The second-order valence-electron chi connectivity index (χ2n) is 10.0. The minimum absolute atomic E-state index is 0.0126. The summed E-state index contributed by atoms with van der Waals surface area (Å²) in [5.41, 5.74) is 4.16. The van der Waals surface area contributed by atoms with Crippen LogP contribution in [0.15, 0.2) is 72.8 Å². The van der Waals surface area contributed by atoms with Gasteiger partial charge in [0, 0.05) is 6.54 Å². The summed E-state index contributed by atoms with van der Waals surface area (Å²) in [6.45, 7) is 2.73. The van der Waals surface area contributed by atoms with E-state index in [0.717, 1.165) is 55.3 Å². The number of rotatable bonds is 12. The number of hydrogen-bond acceptors (Lipinski definition) is 6. The molecule has 1 aliphatic rings. The lowest BCUT2D eigenvalue weighted by Gasteiger charge is -2.24. The molecule has 4 rings (SSSR count). The van der Waals surface area contributed by atoms with Crippen molar-refractivity contribution in [1.29, 1.82) is 0 Å². The molecule has 1 aliphatic carbocycles. The summed E-state index contributed by atoms with van der Waals surface area (Å²) in [5, 5.41) is 13.6. The molecule has 0 unspecified atom stereocenters. The van der Waals surface area contributed by atoms with Gasteiger partial charge in [-0.25, -0.2) is 13.1 Å². The lowest BCUT2D eigenvalue weighted by atomic mass is 9.97. The summed E-state index contributed by atoms with van der Waals surface area (Å²) < 4.78 is 32.4. The smallest absolute Gasteiger partial charge is 0.268 e. The van der Waals surface area contributed by atoms with Crippen molar-refractivity contribution in [2.75, 3.05) is 18.8 Å². The SMILES string of the molecule is CCS(=O)(=O)NC(=O)c1ccc(-c2ccc(CCNC[C@H](O)c3ccccc3)cc2)cc1OC1CCCCC1. The van der Waals surface area contributed by atoms with Crippen LogP contribution in [0.1, 0.15) is 66.6 Å². The molecule has 1 fully saturated rings. The minimum atomic E-state index is -3.69. The van der Waals surface area contributed by atoms with Crippen molar-refractivity contribution in [3.05, 3.63) is 89.5 Å². The maximum absolute atomic E-state index is 12.8. The van der Waals surface area contributed by atoms with Gasteiger partial charge in [-0.15, -0.1) is 0 Å². The number of benzene rings is 3. The normalized spacial score (nSPS) is 15.0. The van der Waals surface area contributed by atoms with E-state index < -0.39 is 22.0 Å². The average Bonchev–Trinajstić information content (AvgIpc) is 2.96. The molecule has 0 saturated heterocycles. The van der Waals surface area contributed by atoms with Crippen molar-refractivity contribution in [2.24, 2.45) is 0 Å².